The number of nitrogens with zero attached hydrogens (tertiary/aromatic N) is 4. The van der Waals surface area contributed by atoms with Crippen molar-refractivity contribution >= 4 is 23.7 Å². The number of pyridine rings is 1. The first-order chi connectivity index (χ1) is 20.7. The van der Waals surface area contributed by atoms with Crippen LogP contribution in [0.25, 0.3) is 11.1 Å². The van der Waals surface area contributed by atoms with Gasteiger partial charge in [0.25, 0.3) is 11.8 Å². The minimum atomic E-state index is -2.58. The SMILES string of the molecule is CC1CN=C(C(=O)NC2CN=CCC2NC(=O)C2CC2)c2cc(-c3cncc(CN4CCC(F)(F)CC4)c3)ccc2C1C. The van der Waals surface area contributed by atoms with Gasteiger partial charge in [-0.1, -0.05) is 26.0 Å². The average molecular weight is 591 g/mol. The summed E-state index contributed by atoms with van der Waals surface area (Å²) in [6.45, 7) is 6.54. The number of benzene rings is 1. The summed E-state index contributed by atoms with van der Waals surface area (Å²) < 4.78 is 27.3. The maximum absolute atomic E-state index is 13.9. The molecule has 4 unspecified atom stereocenters. The maximum atomic E-state index is 13.9. The quantitative estimate of drug-likeness (QED) is 0.500. The summed E-state index contributed by atoms with van der Waals surface area (Å²) in [4.78, 5) is 42.1. The van der Waals surface area contributed by atoms with Crippen molar-refractivity contribution in [3.05, 3.63) is 53.3 Å². The average Bonchev–Trinajstić information content (AvgIpc) is 3.85. The van der Waals surface area contributed by atoms with Crippen molar-refractivity contribution in [3.8, 4) is 11.1 Å². The van der Waals surface area contributed by atoms with Crippen LogP contribution in [0.15, 0.2) is 46.6 Å². The van der Waals surface area contributed by atoms with Crippen LogP contribution < -0.4 is 10.6 Å². The van der Waals surface area contributed by atoms with Crippen molar-refractivity contribution < 1.29 is 18.4 Å². The minimum Gasteiger partial charge on any atom is -0.351 e. The highest BCUT2D eigenvalue weighted by Crippen LogP contribution is 2.34. The smallest absolute Gasteiger partial charge is 0.270 e. The number of carbonyl (C=O) groups excluding carboxylic acids is 2. The molecular weight excluding hydrogens is 550 g/mol. The van der Waals surface area contributed by atoms with Gasteiger partial charge in [-0.2, -0.15) is 0 Å². The van der Waals surface area contributed by atoms with E-state index in [0.29, 0.717) is 44.9 Å². The van der Waals surface area contributed by atoms with Gasteiger partial charge in [0.15, 0.2) is 0 Å². The van der Waals surface area contributed by atoms with E-state index in [1.54, 1.807) is 12.4 Å². The predicted octanol–water partition coefficient (Wildman–Crippen LogP) is 4.38. The zero-order chi connectivity index (χ0) is 30.1. The molecule has 228 valence electrons. The van der Waals surface area contributed by atoms with E-state index in [4.69, 9.17) is 4.99 Å². The predicted molar refractivity (Wildman–Crippen MR) is 163 cm³/mol. The monoisotopic (exact) mass is 590 g/mol. The van der Waals surface area contributed by atoms with Crippen molar-refractivity contribution in [1.29, 1.82) is 0 Å². The van der Waals surface area contributed by atoms with Crippen LogP contribution in [-0.2, 0) is 16.1 Å². The van der Waals surface area contributed by atoms with E-state index in [9.17, 15) is 18.4 Å². The number of fused-ring (bicyclic) bond motifs is 1. The zero-order valence-electron chi connectivity index (χ0n) is 24.9. The second-order valence-corrected chi connectivity index (χ2v) is 12.7. The van der Waals surface area contributed by atoms with Crippen LogP contribution in [0.3, 0.4) is 0 Å². The van der Waals surface area contributed by atoms with Crippen LogP contribution in [0.4, 0.5) is 8.78 Å². The third-order valence-electron chi connectivity index (χ3n) is 9.40. The Hall–Kier alpha value is -3.53. The second-order valence-electron chi connectivity index (χ2n) is 12.7. The number of rotatable bonds is 7. The van der Waals surface area contributed by atoms with Crippen molar-refractivity contribution in [2.24, 2.45) is 21.8 Å². The number of amides is 2. The fraction of sp³-hybridized carbons (Fsp3) is 0.545. The normalized spacial score (nSPS) is 27.0. The minimum absolute atomic E-state index is 0.0538. The first-order valence-corrected chi connectivity index (χ1v) is 15.5. The van der Waals surface area contributed by atoms with Crippen molar-refractivity contribution in [3.63, 3.8) is 0 Å². The first kappa shape index (κ1) is 29.5. The molecule has 1 saturated heterocycles. The van der Waals surface area contributed by atoms with E-state index in [2.05, 4.69) is 46.6 Å². The number of aliphatic imine (C=N–C) groups is 2. The molecule has 0 radical (unpaired) electrons. The number of piperidine rings is 1. The molecule has 1 saturated carbocycles. The Morgan fingerprint density at radius 3 is 2.56 bits per heavy atom. The van der Waals surface area contributed by atoms with Crippen molar-refractivity contribution in [2.75, 3.05) is 26.2 Å². The summed E-state index contributed by atoms with van der Waals surface area (Å²) in [7, 11) is 0. The number of alkyl halides is 2. The molecule has 8 nitrogen and oxygen atoms in total. The van der Waals surface area contributed by atoms with E-state index in [1.165, 1.54) is 0 Å². The van der Waals surface area contributed by atoms with E-state index in [-0.39, 0.29) is 54.5 Å². The molecule has 2 amide bonds. The van der Waals surface area contributed by atoms with E-state index < -0.39 is 5.92 Å². The zero-order valence-corrected chi connectivity index (χ0v) is 24.9. The summed E-state index contributed by atoms with van der Waals surface area (Å²) in [6, 6.07) is 7.70. The molecule has 43 heavy (non-hydrogen) atoms. The summed E-state index contributed by atoms with van der Waals surface area (Å²) in [5.74, 6) is -2.24. The topological polar surface area (TPSA) is 99.0 Å². The molecule has 2 aromatic rings. The Morgan fingerprint density at radius 2 is 1.79 bits per heavy atom. The third-order valence-corrected chi connectivity index (χ3v) is 9.40. The highest BCUT2D eigenvalue weighted by Gasteiger charge is 2.36. The van der Waals surface area contributed by atoms with Gasteiger partial charge in [0.05, 0.1) is 18.6 Å². The molecule has 0 bridgehead atoms. The van der Waals surface area contributed by atoms with Crippen LogP contribution in [0, 0.1) is 11.8 Å². The molecule has 6 rings (SSSR count). The van der Waals surface area contributed by atoms with Gasteiger partial charge in [0, 0.05) is 81.1 Å². The van der Waals surface area contributed by atoms with Gasteiger partial charge in [0.2, 0.25) is 5.91 Å². The van der Waals surface area contributed by atoms with Gasteiger partial charge in [-0.3, -0.25) is 29.5 Å². The van der Waals surface area contributed by atoms with Crippen LogP contribution in [0.2, 0.25) is 0 Å². The Kier molecular flexibility index (Phi) is 8.40. The van der Waals surface area contributed by atoms with E-state index in [1.807, 2.05) is 23.2 Å². The molecular formula is C33H40F2N6O2. The third kappa shape index (κ3) is 6.84. The molecule has 10 heteroatoms. The van der Waals surface area contributed by atoms with Gasteiger partial charge in [-0.25, -0.2) is 8.78 Å². The lowest BCUT2D eigenvalue weighted by molar-refractivity contribution is -0.123. The second kappa shape index (κ2) is 12.2. The molecule has 0 spiro atoms. The summed E-state index contributed by atoms with van der Waals surface area (Å²) in [5, 5.41) is 6.27. The number of nitrogens with one attached hydrogen (secondary N) is 2. The summed E-state index contributed by atoms with van der Waals surface area (Å²) >= 11 is 0. The maximum Gasteiger partial charge on any atom is 0.270 e. The van der Waals surface area contributed by atoms with Crippen LogP contribution in [0.5, 0.6) is 0 Å². The molecule has 4 heterocycles. The van der Waals surface area contributed by atoms with Crippen molar-refractivity contribution in [2.45, 2.75) is 76.4 Å². The lowest BCUT2D eigenvalue weighted by atomic mass is 9.84. The van der Waals surface area contributed by atoms with Crippen LogP contribution >= 0.6 is 0 Å². The summed E-state index contributed by atoms with van der Waals surface area (Å²) in [6.07, 6.45) is 7.58. The molecule has 4 aliphatic rings. The molecule has 2 fully saturated rings. The number of hydrogen-bond acceptors (Lipinski definition) is 6. The molecule has 4 atom stereocenters. The highest BCUT2D eigenvalue weighted by atomic mass is 19.3. The van der Waals surface area contributed by atoms with Gasteiger partial charge >= 0.3 is 0 Å². The van der Waals surface area contributed by atoms with Gasteiger partial charge in [-0.15, -0.1) is 0 Å². The largest absolute Gasteiger partial charge is 0.351 e. The van der Waals surface area contributed by atoms with Gasteiger partial charge < -0.3 is 10.6 Å². The Bertz CT molecular complexity index is 1430. The lowest BCUT2D eigenvalue weighted by Gasteiger charge is -2.31. The van der Waals surface area contributed by atoms with E-state index in [0.717, 1.165) is 40.7 Å². The molecule has 3 aliphatic heterocycles. The van der Waals surface area contributed by atoms with E-state index >= 15 is 0 Å². The number of hydrogen-bond donors (Lipinski definition) is 2. The first-order valence-electron chi connectivity index (χ1n) is 15.5. The number of halogens is 2. The highest BCUT2D eigenvalue weighted by molar-refractivity contribution is 6.46. The summed E-state index contributed by atoms with van der Waals surface area (Å²) in [5.41, 5.74) is 5.04. The molecule has 1 aliphatic carbocycles. The molecule has 2 N–H and O–H groups in total. The Balaban J connectivity index is 1.23. The standard InChI is InChI=1S/C33H40F2N6O2/c1-20-15-38-30(32(43)40-29-18-36-10-7-28(29)39-31(42)23-3-4-23)27-14-24(5-6-26(27)21(20)2)25-13-22(16-37-17-25)19-41-11-8-33(34,35)9-12-41/h5-6,10,13-14,16-17,20-21,23,28-29H,3-4,7-9,11-12,15,18-19H2,1-2H3,(H,39,42)(H,40,43). The van der Waals surface area contributed by atoms with Crippen molar-refractivity contribution in [1.82, 2.24) is 20.5 Å². The fourth-order valence-corrected chi connectivity index (χ4v) is 6.20. The van der Waals surface area contributed by atoms with Crippen LogP contribution in [-0.4, -0.2) is 77.8 Å². The van der Waals surface area contributed by atoms with Crippen LogP contribution in [0.1, 0.15) is 68.6 Å². The number of likely N-dealkylation sites (tertiary alicyclic amines) is 1. The fourth-order valence-electron chi connectivity index (χ4n) is 6.20. The lowest BCUT2D eigenvalue weighted by Crippen LogP contribution is -2.56. The van der Waals surface area contributed by atoms with Gasteiger partial charge in [0.1, 0.15) is 5.71 Å². The Morgan fingerprint density at radius 1 is 1.00 bits per heavy atom. The number of aromatic nitrogens is 1. The molecule has 1 aromatic carbocycles. The number of carbonyl (C=O) groups is 2. The molecule has 1 aromatic heterocycles. The Labute approximate surface area is 251 Å². The van der Waals surface area contributed by atoms with Gasteiger partial charge in [-0.05, 0) is 53.5 Å².